The van der Waals surface area contributed by atoms with E-state index in [1.807, 2.05) is 6.26 Å². The summed E-state index contributed by atoms with van der Waals surface area (Å²) < 4.78 is 1.46. The highest BCUT2D eigenvalue weighted by Gasteiger charge is 2.14. The van der Waals surface area contributed by atoms with E-state index in [1.54, 1.807) is 6.20 Å². The van der Waals surface area contributed by atoms with Crippen LogP contribution in [0.25, 0.3) is 17.2 Å². The van der Waals surface area contributed by atoms with Crippen LogP contribution < -0.4 is 5.73 Å². The predicted octanol–water partition coefficient (Wildman–Crippen LogP) is -0.392. The Bertz CT molecular complexity index is 657. The molecule has 0 unspecified atom stereocenters. The Morgan fingerprint density at radius 1 is 1.47 bits per heavy atom. The lowest BCUT2D eigenvalue weighted by molar-refractivity contribution is 0.881. The average Bonchev–Trinajstić information content (AvgIpc) is 2.97. The van der Waals surface area contributed by atoms with E-state index in [1.165, 1.54) is 16.3 Å². The van der Waals surface area contributed by atoms with Gasteiger partial charge < -0.3 is 5.73 Å². The number of tetrazole rings is 1. The summed E-state index contributed by atoms with van der Waals surface area (Å²) in [6, 6.07) is 0. The van der Waals surface area contributed by atoms with Gasteiger partial charge in [-0.05, 0) is 11.5 Å². The minimum absolute atomic E-state index is 0.373. The van der Waals surface area contributed by atoms with Crippen molar-refractivity contribution in [3.63, 3.8) is 0 Å². The number of thioether (sulfide) groups is 1. The van der Waals surface area contributed by atoms with Crippen molar-refractivity contribution >= 4 is 23.4 Å². The van der Waals surface area contributed by atoms with Crippen LogP contribution in [0.15, 0.2) is 11.4 Å². The first-order valence-electron chi connectivity index (χ1n) is 4.58. The normalized spacial score (nSPS) is 11.1. The van der Waals surface area contributed by atoms with E-state index in [2.05, 4.69) is 35.7 Å². The molecule has 3 aromatic rings. The van der Waals surface area contributed by atoms with Gasteiger partial charge in [0.1, 0.15) is 5.82 Å². The van der Waals surface area contributed by atoms with E-state index < -0.39 is 0 Å². The van der Waals surface area contributed by atoms with Crippen molar-refractivity contribution < 1.29 is 0 Å². The summed E-state index contributed by atoms with van der Waals surface area (Å²) in [4.78, 5) is 8.31. The fourth-order valence-electron chi connectivity index (χ4n) is 1.37. The summed E-state index contributed by atoms with van der Waals surface area (Å²) in [5.41, 5.74) is 6.53. The molecule has 0 amide bonds. The third kappa shape index (κ3) is 1.49. The van der Waals surface area contributed by atoms with Crippen LogP contribution >= 0.6 is 11.8 Å². The maximum atomic E-state index is 5.97. The molecule has 0 aromatic carbocycles. The Kier molecular flexibility index (Phi) is 2.14. The number of nitrogens with two attached hydrogens (primary N) is 1. The molecule has 0 radical (unpaired) electrons. The van der Waals surface area contributed by atoms with E-state index in [-0.39, 0.29) is 0 Å². The Balaban J connectivity index is 2.25. The molecule has 3 N–H and O–H groups in total. The molecule has 9 nitrogen and oxygen atoms in total. The van der Waals surface area contributed by atoms with Gasteiger partial charge in [-0.2, -0.15) is 14.7 Å². The van der Waals surface area contributed by atoms with E-state index >= 15 is 0 Å². The molecule has 0 aliphatic heterocycles. The smallest absolute Gasteiger partial charge is 0.255 e. The number of rotatable bonds is 2. The molecule has 0 bridgehead atoms. The SMILES string of the molecule is CSc1nc2ncc(-c3nn[nH]n3)c(N)n2n1. The van der Waals surface area contributed by atoms with Crippen molar-refractivity contribution in [1.29, 1.82) is 0 Å². The first-order valence-corrected chi connectivity index (χ1v) is 5.81. The van der Waals surface area contributed by atoms with Gasteiger partial charge in [-0.15, -0.1) is 15.3 Å². The van der Waals surface area contributed by atoms with Crippen molar-refractivity contribution in [2.45, 2.75) is 5.16 Å². The van der Waals surface area contributed by atoms with Crippen LogP contribution in [-0.4, -0.2) is 46.5 Å². The Morgan fingerprint density at radius 2 is 2.35 bits per heavy atom. The van der Waals surface area contributed by atoms with Crippen LogP contribution in [0, 0.1) is 0 Å². The number of fused-ring (bicyclic) bond motifs is 1. The second-order valence-electron chi connectivity index (χ2n) is 3.10. The number of nitrogens with one attached hydrogen (secondary N) is 1. The van der Waals surface area contributed by atoms with Gasteiger partial charge in [0.15, 0.2) is 0 Å². The molecular weight excluding hydrogens is 242 g/mol. The van der Waals surface area contributed by atoms with E-state index in [9.17, 15) is 0 Å². The standard InChI is InChI=1S/C7H7N9S/c1-17-7-10-6-9-2-3(4(8)16(6)13-7)5-11-14-15-12-5/h2H,8H2,1H3,(H,11,12,14,15). The molecule has 3 aromatic heterocycles. The number of aromatic nitrogens is 8. The van der Waals surface area contributed by atoms with Crippen LogP contribution in [-0.2, 0) is 0 Å². The van der Waals surface area contributed by atoms with Gasteiger partial charge in [0.2, 0.25) is 11.0 Å². The zero-order chi connectivity index (χ0) is 11.8. The molecule has 86 valence electrons. The van der Waals surface area contributed by atoms with Crippen LogP contribution in [0.2, 0.25) is 0 Å². The van der Waals surface area contributed by atoms with Crippen LogP contribution in [0.5, 0.6) is 0 Å². The van der Waals surface area contributed by atoms with Crippen LogP contribution in [0.3, 0.4) is 0 Å². The molecule has 0 atom stereocenters. The molecule has 3 rings (SSSR count). The molecule has 0 saturated heterocycles. The van der Waals surface area contributed by atoms with Crippen molar-refractivity contribution in [3.05, 3.63) is 6.20 Å². The van der Waals surface area contributed by atoms with Gasteiger partial charge in [0, 0.05) is 6.20 Å². The lowest BCUT2D eigenvalue weighted by atomic mass is 10.3. The second kappa shape index (κ2) is 3.66. The Labute approximate surface area is 98.8 Å². The third-order valence-corrected chi connectivity index (χ3v) is 2.69. The minimum atomic E-state index is 0.373. The highest BCUT2D eigenvalue weighted by molar-refractivity contribution is 7.98. The molecule has 3 heterocycles. The molecular formula is C7H7N9S. The summed E-state index contributed by atoms with van der Waals surface area (Å²) >= 11 is 1.42. The zero-order valence-electron chi connectivity index (χ0n) is 8.69. The number of nitrogens with zero attached hydrogens (tertiary/aromatic N) is 7. The monoisotopic (exact) mass is 249 g/mol. The van der Waals surface area contributed by atoms with Crippen LogP contribution in [0.1, 0.15) is 0 Å². The fourth-order valence-corrected chi connectivity index (χ4v) is 1.70. The quantitative estimate of drug-likeness (QED) is 0.588. The van der Waals surface area contributed by atoms with E-state index in [0.717, 1.165) is 0 Å². The number of nitrogen functional groups attached to an aromatic ring is 1. The van der Waals surface area contributed by atoms with E-state index in [0.29, 0.717) is 28.1 Å². The Morgan fingerprint density at radius 3 is 3.06 bits per heavy atom. The lowest BCUT2D eigenvalue weighted by Gasteiger charge is -2.00. The maximum absolute atomic E-state index is 5.97. The fraction of sp³-hybridized carbons (Fsp3) is 0.143. The van der Waals surface area contributed by atoms with Crippen LogP contribution in [0.4, 0.5) is 5.82 Å². The molecule has 0 saturated carbocycles. The second-order valence-corrected chi connectivity index (χ2v) is 3.88. The first kappa shape index (κ1) is 9.96. The van der Waals surface area contributed by atoms with Crippen molar-refractivity contribution in [2.24, 2.45) is 0 Å². The molecule has 0 fully saturated rings. The van der Waals surface area contributed by atoms with Gasteiger partial charge in [-0.3, -0.25) is 0 Å². The topological polar surface area (TPSA) is 124 Å². The summed E-state index contributed by atoms with van der Waals surface area (Å²) in [5.74, 6) is 1.20. The molecule has 0 aliphatic rings. The maximum Gasteiger partial charge on any atom is 0.255 e. The minimum Gasteiger partial charge on any atom is -0.383 e. The highest BCUT2D eigenvalue weighted by atomic mass is 32.2. The summed E-state index contributed by atoms with van der Waals surface area (Å²) in [5, 5.41) is 18.3. The number of hydrogen-bond donors (Lipinski definition) is 2. The summed E-state index contributed by atoms with van der Waals surface area (Å²) in [7, 11) is 0. The zero-order valence-corrected chi connectivity index (χ0v) is 9.51. The summed E-state index contributed by atoms with van der Waals surface area (Å²) in [6.45, 7) is 0. The lowest BCUT2D eigenvalue weighted by Crippen LogP contribution is -2.03. The number of hydrogen-bond acceptors (Lipinski definition) is 8. The highest BCUT2D eigenvalue weighted by Crippen LogP contribution is 2.21. The number of H-pyrrole nitrogens is 1. The molecule has 10 heteroatoms. The van der Waals surface area contributed by atoms with Crippen molar-refractivity contribution in [2.75, 3.05) is 12.0 Å². The molecule has 17 heavy (non-hydrogen) atoms. The van der Waals surface area contributed by atoms with Gasteiger partial charge >= 0.3 is 0 Å². The number of aromatic amines is 1. The largest absolute Gasteiger partial charge is 0.383 e. The van der Waals surface area contributed by atoms with Gasteiger partial charge in [0.05, 0.1) is 5.56 Å². The average molecular weight is 249 g/mol. The van der Waals surface area contributed by atoms with Crippen molar-refractivity contribution in [3.8, 4) is 11.4 Å². The first-order chi connectivity index (χ1) is 8.29. The van der Waals surface area contributed by atoms with Gasteiger partial charge in [0.25, 0.3) is 5.78 Å². The van der Waals surface area contributed by atoms with E-state index in [4.69, 9.17) is 5.73 Å². The molecule has 0 spiro atoms. The van der Waals surface area contributed by atoms with Gasteiger partial charge in [-0.1, -0.05) is 11.8 Å². The third-order valence-electron chi connectivity index (χ3n) is 2.15. The van der Waals surface area contributed by atoms with Gasteiger partial charge in [-0.25, -0.2) is 4.98 Å². The Hall–Kier alpha value is -2.23. The van der Waals surface area contributed by atoms with Crippen molar-refractivity contribution in [1.82, 2.24) is 40.2 Å². The number of anilines is 1. The predicted molar refractivity (Wildman–Crippen MR) is 60.1 cm³/mol. The molecule has 0 aliphatic carbocycles. The summed E-state index contributed by atoms with van der Waals surface area (Å²) in [6.07, 6.45) is 3.43.